The molecule has 2 aromatic heterocycles. The van der Waals surface area contributed by atoms with Gasteiger partial charge in [0.25, 0.3) is 0 Å². The lowest BCUT2D eigenvalue weighted by Gasteiger charge is -2.40. The Morgan fingerprint density at radius 2 is 1.86 bits per heavy atom. The molecule has 0 saturated heterocycles. The molecule has 37 heavy (non-hydrogen) atoms. The SMILES string of the molecule is N#Cc1nn(-c2c(Cl)cc(S(F)(F)(F)(F)F)cc2Cl)c(NC(=O)OCc2cncs2)c1C1(C(=O)O)CC1. The molecule has 18 heteroatoms. The topological polar surface area (TPSA) is 130 Å². The summed E-state index contributed by atoms with van der Waals surface area (Å²) < 4.78 is 72.4. The molecule has 1 aromatic carbocycles. The summed E-state index contributed by atoms with van der Waals surface area (Å²) in [5, 5.41) is 23.6. The van der Waals surface area contributed by atoms with Crippen molar-refractivity contribution in [2.24, 2.45) is 0 Å². The summed E-state index contributed by atoms with van der Waals surface area (Å²) in [5.74, 6) is -1.85. The number of rotatable bonds is 7. The highest BCUT2D eigenvalue weighted by Gasteiger charge is 2.65. The zero-order valence-electron chi connectivity index (χ0n) is 17.9. The first-order chi connectivity index (χ1) is 17.0. The Bertz CT molecular complexity index is 1460. The van der Waals surface area contributed by atoms with Crippen molar-refractivity contribution in [2.75, 3.05) is 5.32 Å². The molecule has 2 N–H and O–H groups in total. The van der Waals surface area contributed by atoms with Crippen LogP contribution in [0.25, 0.3) is 5.69 Å². The highest BCUT2D eigenvalue weighted by molar-refractivity contribution is 8.45. The largest absolute Gasteiger partial charge is 0.481 e. The van der Waals surface area contributed by atoms with Crippen LogP contribution in [-0.2, 0) is 21.6 Å². The number of carbonyl (C=O) groups is 2. The number of halogens is 7. The molecule has 198 valence electrons. The van der Waals surface area contributed by atoms with Crippen LogP contribution in [-0.4, -0.2) is 31.9 Å². The van der Waals surface area contributed by atoms with E-state index in [2.05, 4.69) is 15.4 Å². The minimum absolute atomic E-state index is 0.0396. The van der Waals surface area contributed by atoms with E-state index in [4.69, 9.17) is 27.9 Å². The molecule has 0 aliphatic heterocycles. The highest BCUT2D eigenvalue weighted by atomic mass is 35.5. The second-order valence-corrected chi connectivity index (χ2v) is 12.1. The zero-order chi connectivity index (χ0) is 27.5. The molecule has 1 aliphatic rings. The van der Waals surface area contributed by atoms with Crippen molar-refractivity contribution in [3.05, 3.63) is 50.0 Å². The average Bonchev–Trinajstić information content (AvgIpc) is 3.25. The number of thiazole rings is 1. The van der Waals surface area contributed by atoms with Crippen LogP contribution in [0.4, 0.5) is 30.0 Å². The van der Waals surface area contributed by atoms with E-state index < -0.39 is 59.8 Å². The van der Waals surface area contributed by atoms with Crippen LogP contribution in [0.15, 0.2) is 28.7 Å². The van der Waals surface area contributed by atoms with Gasteiger partial charge in [-0.25, -0.2) is 9.48 Å². The van der Waals surface area contributed by atoms with E-state index in [1.807, 2.05) is 0 Å². The third kappa shape index (κ3) is 5.17. The molecule has 0 spiro atoms. The predicted molar refractivity (Wildman–Crippen MR) is 124 cm³/mol. The number of amides is 1. The van der Waals surface area contributed by atoms with Crippen LogP contribution in [0, 0.1) is 11.3 Å². The number of nitriles is 1. The van der Waals surface area contributed by atoms with Gasteiger partial charge >= 0.3 is 22.3 Å². The normalized spacial score (nSPS) is 16.3. The van der Waals surface area contributed by atoms with Crippen LogP contribution in [0.2, 0.25) is 10.0 Å². The van der Waals surface area contributed by atoms with E-state index in [0.717, 1.165) is 0 Å². The van der Waals surface area contributed by atoms with Gasteiger partial charge in [-0.1, -0.05) is 42.6 Å². The summed E-state index contributed by atoms with van der Waals surface area (Å²) in [7, 11) is -10.2. The lowest BCUT2D eigenvalue weighted by Crippen LogP contribution is -2.24. The molecule has 0 bridgehead atoms. The number of nitrogens with zero attached hydrogens (tertiary/aromatic N) is 4. The van der Waals surface area contributed by atoms with Gasteiger partial charge in [-0.15, -0.1) is 11.3 Å². The number of hydrogen-bond acceptors (Lipinski definition) is 7. The van der Waals surface area contributed by atoms with Crippen molar-refractivity contribution in [1.29, 1.82) is 5.26 Å². The van der Waals surface area contributed by atoms with Gasteiger partial charge < -0.3 is 9.84 Å². The molecule has 2 heterocycles. The number of hydrogen-bond donors (Lipinski definition) is 2. The quantitative estimate of drug-likeness (QED) is 0.277. The van der Waals surface area contributed by atoms with Crippen molar-refractivity contribution in [3.8, 4) is 11.8 Å². The van der Waals surface area contributed by atoms with Crippen molar-refractivity contribution < 1.29 is 38.9 Å². The Morgan fingerprint density at radius 3 is 2.32 bits per heavy atom. The van der Waals surface area contributed by atoms with Crippen molar-refractivity contribution in [1.82, 2.24) is 14.8 Å². The maximum Gasteiger partial charge on any atom is 0.413 e. The number of carboxylic acids is 1. The number of ether oxygens (including phenoxy) is 1. The lowest BCUT2D eigenvalue weighted by molar-refractivity contribution is -0.140. The summed E-state index contributed by atoms with van der Waals surface area (Å²) in [6.45, 7) is -0.241. The first-order valence-electron chi connectivity index (χ1n) is 9.78. The second kappa shape index (κ2) is 8.18. The van der Waals surface area contributed by atoms with E-state index in [1.54, 1.807) is 6.07 Å². The van der Waals surface area contributed by atoms with Gasteiger partial charge in [0.15, 0.2) is 5.69 Å². The standard InChI is InChI=1S/C19H12Cl2F5N5O4S2/c20-11-3-10(37(22,23,24,25)26)4-12(21)15(11)31-16(29-18(34)35-7-9-6-28-8-36-9)14(13(5-27)30-31)19(1-2-19)17(32)33/h3-4,6,8H,1-2,7H2,(H,29,34)(H,32,33). The van der Waals surface area contributed by atoms with E-state index in [-0.39, 0.29) is 37.1 Å². The number of anilines is 1. The fourth-order valence-electron chi connectivity index (χ4n) is 3.47. The maximum atomic E-state index is 13.3. The minimum Gasteiger partial charge on any atom is -0.481 e. The zero-order valence-corrected chi connectivity index (χ0v) is 21.0. The van der Waals surface area contributed by atoms with Crippen LogP contribution in [0.1, 0.15) is 29.0 Å². The molecule has 0 atom stereocenters. The number of benzene rings is 1. The van der Waals surface area contributed by atoms with Crippen molar-refractivity contribution in [2.45, 2.75) is 29.8 Å². The first-order valence-corrected chi connectivity index (χ1v) is 13.4. The number of aromatic nitrogens is 3. The van der Waals surface area contributed by atoms with Gasteiger partial charge in [0.2, 0.25) is 0 Å². The summed E-state index contributed by atoms with van der Waals surface area (Å²) in [6.07, 6.45) is 0.345. The summed E-state index contributed by atoms with van der Waals surface area (Å²) in [4.78, 5) is 26.6. The number of nitrogens with one attached hydrogen (secondary N) is 1. The lowest BCUT2D eigenvalue weighted by atomic mass is 9.95. The van der Waals surface area contributed by atoms with Crippen LogP contribution in [0.3, 0.4) is 0 Å². The monoisotopic (exact) mass is 603 g/mol. The van der Waals surface area contributed by atoms with E-state index >= 15 is 0 Å². The Labute approximate surface area is 218 Å². The fraction of sp³-hybridized carbons (Fsp3) is 0.211. The molecule has 1 saturated carbocycles. The maximum absolute atomic E-state index is 13.3. The van der Waals surface area contributed by atoms with Crippen molar-refractivity contribution >= 4 is 62.6 Å². The third-order valence-corrected chi connectivity index (χ3v) is 7.78. The van der Waals surface area contributed by atoms with E-state index in [1.165, 1.54) is 23.0 Å². The Kier molecular flexibility index (Phi) is 5.95. The predicted octanol–water partition coefficient (Wildman–Crippen LogP) is 7.03. The molecular formula is C19H12Cl2F5N5O4S2. The minimum atomic E-state index is -10.2. The number of carbonyl (C=O) groups excluding carboxylic acids is 1. The van der Waals surface area contributed by atoms with Gasteiger partial charge in [-0.3, -0.25) is 15.1 Å². The summed E-state index contributed by atoms with van der Waals surface area (Å²) >= 11 is 13.0. The molecule has 0 radical (unpaired) electrons. The third-order valence-electron chi connectivity index (χ3n) is 5.33. The Balaban J connectivity index is 1.87. The van der Waals surface area contributed by atoms with Crippen molar-refractivity contribution in [3.63, 3.8) is 0 Å². The molecular weight excluding hydrogens is 592 g/mol. The Morgan fingerprint density at radius 1 is 1.24 bits per heavy atom. The molecule has 0 unspecified atom stereocenters. The molecule has 1 amide bonds. The molecule has 1 fully saturated rings. The van der Waals surface area contributed by atoms with Gasteiger partial charge in [0, 0.05) is 6.20 Å². The fourth-order valence-corrected chi connectivity index (χ4v) is 5.44. The van der Waals surface area contributed by atoms with E-state index in [9.17, 15) is 39.4 Å². The van der Waals surface area contributed by atoms with Gasteiger partial charge in [0.1, 0.15) is 29.1 Å². The number of aliphatic carboxylic acids is 1. The molecule has 4 rings (SSSR count). The summed E-state index contributed by atoms with van der Waals surface area (Å²) in [5.41, 5.74) is -1.59. The van der Waals surface area contributed by atoms with Crippen LogP contribution < -0.4 is 5.32 Å². The van der Waals surface area contributed by atoms with E-state index in [0.29, 0.717) is 9.56 Å². The first kappa shape index (κ1) is 26.9. The molecule has 9 nitrogen and oxygen atoms in total. The van der Waals surface area contributed by atoms with Gasteiger partial charge in [-0.05, 0) is 25.0 Å². The van der Waals surface area contributed by atoms with Gasteiger partial charge in [0.05, 0.1) is 31.4 Å². The highest BCUT2D eigenvalue weighted by Crippen LogP contribution is 3.02. The molecule has 3 aromatic rings. The van der Waals surface area contributed by atoms with Crippen LogP contribution in [0.5, 0.6) is 0 Å². The smallest absolute Gasteiger partial charge is 0.413 e. The van der Waals surface area contributed by atoms with Crippen LogP contribution >= 0.6 is 44.8 Å². The summed E-state index contributed by atoms with van der Waals surface area (Å²) in [6, 6.07) is 1.52. The second-order valence-electron chi connectivity index (χ2n) is 7.86. The Hall–Kier alpha value is -3.13. The number of carboxylic acid groups (broad SMARTS) is 1. The average molecular weight is 604 g/mol. The van der Waals surface area contributed by atoms with Gasteiger partial charge in [-0.2, -0.15) is 10.4 Å². The molecule has 1 aliphatic carbocycles.